The predicted molar refractivity (Wildman–Crippen MR) is 74.0 cm³/mol. The van der Waals surface area contributed by atoms with Crippen LogP contribution in [0.5, 0.6) is 0 Å². The lowest BCUT2D eigenvalue weighted by Crippen LogP contribution is -2.27. The van der Waals surface area contributed by atoms with Gasteiger partial charge in [-0.25, -0.2) is 0 Å². The Bertz CT molecular complexity index is 378. The molecule has 0 amide bonds. The van der Waals surface area contributed by atoms with Gasteiger partial charge in [-0.1, -0.05) is 37.3 Å². The molecule has 4 nitrogen and oxygen atoms in total. The summed E-state index contributed by atoms with van der Waals surface area (Å²) in [6.45, 7) is 2.16. The van der Waals surface area contributed by atoms with Crippen molar-refractivity contribution in [3.05, 3.63) is 11.7 Å². The molecule has 0 aromatic carbocycles. The van der Waals surface area contributed by atoms with Gasteiger partial charge >= 0.3 is 0 Å². The molecular formula is C15H25N3O. The Labute approximate surface area is 115 Å². The van der Waals surface area contributed by atoms with Gasteiger partial charge in [0.25, 0.3) is 0 Å². The molecule has 19 heavy (non-hydrogen) atoms. The number of piperidine rings is 1. The van der Waals surface area contributed by atoms with Crippen molar-refractivity contribution in [1.29, 1.82) is 0 Å². The first kappa shape index (κ1) is 13.1. The zero-order chi connectivity index (χ0) is 12.9. The summed E-state index contributed by atoms with van der Waals surface area (Å²) in [6.07, 6.45) is 11.5. The van der Waals surface area contributed by atoms with Crippen LogP contribution >= 0.6 is 0 Å². The van der Waals surface area contributed by atoms with E-state index in [0.29, 0.717) is 5.92 Å². The normalized spacial score (nSPS) is 22.7. The predicted octanol–water partition coefficient (Wildman–Crippen LogP) is 3.05. The molecule has 1 aliphatic carbocycles. The molecule has 0 bridgehead atoms. The fraction of sp³-hybridized carbons (Fsp3) is 0.867. The molecule has 4 heteroatoms. The summed E-state index contributed by atoms with van der Waals surface area (Å²) in [5.41, 5.74) is 0. The Morgan fingerprint density at radius 3 is 2.63 bits per heavy atom. The maximum atomic E-state index is 5.43. The zero-order valence-electron chi connectivity index (χ0n) is 11.7. The molecule has 0 unspecified atom stereocenters. The highest BCUT2D eigenvalue weighted by Crippen LogP contribution is 2.28. The molecule has 2 heterocycles. The van der Waals surface area contributed by atoms with Crippen LogP contribution in [0.4, 0.5) is 0 Å². The number of aryl methyl sites for hydroxylation is 1. The van der Waals surface area contributed by atoms with E-state index in [9.17, 15) is 0 Å². The molecule has 0 atom stereocenters. The Kier molecular flexibility index (Phi) is 4.49. The average molecular weight is 263 g/mol. The molecular weight excluding hydrogens is 238 g/mol. The quantitative estimate of drug-likeness (QED) is 0.907. The minimum absolute atomic E-state index is 0.508. The Morgan fingerprint density at radius 1 is 1.05 bits per heavy atom. The summed E-state index contributed by atoms with van der Waals surface area (Å²) >= 11 is 0. The summed E-state index contributed by atoms with van der Waals surface area (Å²) in [5, 5.41) is 7.56. The molecule has 2 fully saturated rings. The molecule has 2 aliphatic rings. The summed E-state index contributed by atoms with van der Waals surface area (Å²) in [5.74, 6) is 3.20. The van der Waals surface area contributed by atoms with Crippen LogP contribution in [0.15, 0.2) is 4.52 Å². The lowest BCUT2D eigenvalue weighted by Gasteiger charge is -2.20. The molecule has 0 spiro atoms. The van der Waals surface area contributed by atoms with Crippen molar-refractivity contribution in [3.63, 3.8) is 0 Å². The van der Waals surface area contributed by atoms with E-state index in [2.05, 4.69) is 15.5 Å². The highest BCUT2D eigenvalue weighted by molar-refractivity contribution is 4.97. The van der Waals surface area contributed by atoms with Crippen LogP contribution in [-0.2, 0) is 6.42 Å². The van der Waals surface area contributed by atoms with E-state index in [0.717, 1.165) is 50.0 Å². The Hall–Kier alpha value is -0.900. The van der Waals surface area contributed by atoms with E-state index in [4.69, 9.17) is 4.52 Å². The van der Waals surface area contributed by atoms with E-state index < -0.39 is 0 Å². The molecule has 1 saturated heterocycles. The van der Waals surface area contributed by atoms with Gasteiger partial charge in [-0.3, -0.25) is 0 Å². The van der Waals surface area contributed by atoms with E-state index >= 15 is 0 Å². The van der Waals surface area contributed by atoms with Crippen LogP contribution in [0.2, 0.25) is 0 Å². The maximum absolute atomic E-state index is 5.43. The molecule has 3 rings (SSSR count). The molecule has 0 radical (unpaired) electrons. The van der Waals surface area contributed by atoms with Gasteiger partial charge in [0, 0.05) is 12.3 Å². The smallest absolute Gasteiger partial charge is 0.226 e. The topological polar surface area (TPSA) is 51.0 Å². The first-order valence-electron chi connectivity index (χ1n) is 7.95. The standard InChI is InChI=1S/C15H25N3O/c1-2-4-12(5-3-1)6-7-14-17-15(18-19-14)13-8-10-16-11-9-13/h12-13,16H,1-11H2. The lowest BCUT2D eigenvalue weighted by molar-refractivity contribution is 0.312. The molecule has 1 aromatic rings. The second kappa shape index (κ2) is 6.51. The van der Waals surface area contributed by atoms with Gasteiger partial charge in [-0.05, 0) is 38.3 Å². The number of aromatic nitrogens is 2. The van der Waals surface area contributed by atoms with Gasteiger partial charge in [0.15, 0.2) is 5.82 Å². The van der Waals surface area contributed by atoms with Crippen molar-refractivity contribution in [1.82, 2.24) is 15.5 Å². The van der Waals surface area contributed by atoms with Crippen LogP contribution in [0.1, 0.15) is 69.0 Å². The molecule has 1 N–H and O–H groups in total. The van der Waals surface area contributed by atoms with Crippen molar-refractivity contribution in [2.24, 2.45) is 5.92 Å². The van der Waals surface area contributed by atoms with E-state index in [1.807, 2.05) is 0 Å². The SMILES string of the molecule is C1CCC(CCc2nc(C3CCNCC3)no2)CC1. The third-order valence-corrected chi connectivity index (χ3v) is 4.68. The highest BCUT2D eigenvalue weighted by Gasteiger charge is 2.21. The van der Waals surface area contributed by atoms with Gasteiger partial charge in [-0.2, -0.15) is 4.98 Å². The van der Waals surface area contributed by atoms with Crippen molar-refractivity contribution in [2.45, 2.75) is 63.7 Å². The Morgan fingerprint density at radius 2 is 1.84 bits per heavy atom. The average Bonchev–Trinajstić information content (AvgIpc) is 2.96. The van der Waals surface area contributed by atoms with E-state index in [-0.39, 0.29) is 0 Å². The van der Waals surface area contributed by atoms with Crippen molar-refractivity contribution in [3.8, 4) is 0 Å². The van der Waals surface area contributed by atoms with Crippen LogP contribution < -0.4 is 5.32 Å². The maximum Gasteiger partial charge on any atom is 0.226 e. The molecule has 1 aliphatic heterocycles. The highest BCUT2D eigenvalue weighted by atomic mass is 16.5. The summed E-state index contributed by atoms with van der Waals surface area (Å²) in [6, 6.07) is 0. The van der Waals surface area contributed by atoms with Crippen LogP contribution in [-0.4, -0.2) is 23.2 Å². The fourth-order valence-electron chi connectivity index (χ4n) is 3.42. The largest absolute Gasteiger partial charge is 0.339 e. The number of hydrogen-bond donors (Lipinski definition) is 1. The minimum atomic E-state index is 0.508. The summed E-state index contributed by atoms with van der Waals surface area (Å²) < 4.78 is 5.43. The number of hydrogen-bond acceptors (Lipinski definition) is 4. The van der Waals surface area contributed by atoms with Gasteiger partial charge in [0.1, 0.15) is 0 Å². The minimum Gasteiger partial charge on any atom is -0.339 e. The summed E-state index contributed by atoms with van der Waals surface area (Å²) in [7, 11) is 0. The third kappa shape index (κ3) is 3.56. The number of nitrogens with one attached hydrogen (secondary N) is 1. The van der Waals surface area contributed by atoms with Gasteiger partial charge in [-0.15, -0.1) is 0 Å². The fourth-order valence-corrected chi connectivity index (χ4v) is 3.42. The van der Waals surface area contributed by atoms with Crippen molar-refractivity contribution < 1.29 is 4.52 Å². The van der Waals surface area contributed by atoms with Gasteiger partial charge < -0.3 is 9.84 Å². The Balaban J connectivity index is 1.49. The third-order valence-electron chi connectivity index (χ3n) is 4.68. The lowest BCUT2D eigenvalue weighted by atomic mass is 9.86. The van der Waals surface area contributed by atoms with Crippen molar-refractivity contribution in [2.75, 3.05) is 13.1 Å². The van der Waals surface area contributed by atoms with Crippen LogP contribution in [0, 0.1) is 5.92 Å². The molecule has 1 aromatic heterocycles. The number of nitrogens with zero attached hydrogens (tertiary/aromatic N) is 2. The van der Waals surface area contributed by atoms with Crippen LogP contribution in [0.3, 0.4) is 0 Å². The first-order valence-corrected chi connectivity index (χ1v) is 7.95. The molecule has 106 valence electrons. The van der Waals surface area contributed by atoms with E-state index in [1.54, 1.807) is 0 Å². The van der Waals surface area contributed by atoms with Crippen molar-refractivity contribution >= 4 is 0 Å². The monoisotopic (exact) mass is 263 g/mol. The second-order valence-electron chi connectivity index (χ2n) is 6.11. The second-order valence-corrected chi connectivity index (χ2v) is 6.11. The number of rotatable bonds is 4. The summed E-state index contributed by atoms with van der Waals surface area (Å²) in [4.78, 5) is 4.61. The molecule has 1 saturated carbocycles. The van der Waals surface area contributed by atoms with Gasteiger partial charge in [0.05, 0.1) is 0 Å². The van der Waals surface area contributed by atoms with Crippen LogP contribution in [0.25, 0.3) is 0 Å². The van der Waals surface area contributed by atoms with E-state index in [1.165, 1.54) is 38.5 Å². The zero-order valence-corrected chi connectivity index (χ0v) is 11.7. The van der Waals surface area contributed by atoms with Gasteiger partial charge in [0.2, 0.25) is 5.89 Å². The first-order chi connectivity index (χ1) is 9.42.